The Bertz CT molecular complexity index is 439. The van der Waals surface area contributed by atoms with E-state index in [-0.39, 0.29) is 11.1 Å². The number of carbonyl (C=O) groups excluding carboxylic acids is 1. The van der Waals surface area contributed by atoms with Crippen LogP contribution in [0.25, 0.3) is 0 Å². The zero-order valence-electron chi connectivity index (χ0n) is 11.3. The van der Waals surface area contributed by atoms with Crippen molar-refractivity contribution in [1.82, 2.24) is 4.90 Å². The lowest BCUT2D eigenvalue weighted by molar-refractivity contribution is 0.172. The summed E-state index contributed by atoms with van der Waals surface area (Å²) in [5.74, 6) is -0.480. The number of nitrogens with two attached hydrogens (primary N) is 1. The molecule has 2 N–H and O–H groups in total. The summed E-state index contributed by atoms with van der Waals surface area (Å²) in [5, 5.41) is 0.0787. The Morgan fingerprint density at radius 2 is 2.16 bits per heavy atom. The van der Waals surface area contributed by atoms with E-state index in [0.717, 1.165) is 19.3 Å². The van der Waals surface area contributed by atoms with Crippen LogP contribution in [0.1, 0.15) is 38.7 Å². The highest BCUT2D eigenvalue weighted by Gasteiger charge is 2.20. The molecule has 0 heterocycles. The molecular formula is C14H20ClFN2O. The fourth-order valence-corrected chi connectivity index (χ4v) is 2.25. The van der Waals surface area contributed by atoms with Gasteiger partial charge in [0.25, 0.3) is 0 Å². The third-order valence-electron chi connectivity index (χ3n) is 3.15. The van der Waals surface area contributed by atoms with Crippen LogP contribution in [0.4, 0.5) is 9.18 Å². The molecule has 0 aliphatic carbocycles. The minimum atomic E-state index is -0.480. The molecule has 0 aromatic heterocycles. The highest BCUT2D eigenvalue weighted by molar-refractivity contribution is 6.30. The monoisotopic (exact) mass is 286 g/mol. The molecule has 0 spiro atoms. The summed E-state index contributed by atoms with van der Waals surface area (Å²) in [6.07, 6.45) is 2.68. The minimum Gasteiger partial charge on any atom is -0.351 e. The molecule has 0 saturated carbocycles. The van der Waals surface area contributed by atoms with Crippen LogP contribution in [0.5, 0.6) is 0 Å². The number of nitrogens with zero attached hydrogens (tertiary/aromatic N) is 1. The SMILES string of the molecule is CCCC(CC)N(Cc1ccc(Cl)c(F)c1)C(N)=O. The second kappa shape index (κ2) is 7.34. The standard InChI is InChI=1S/C14H20ClFN2O/c1-3-5-11(4-2)18(14(17)19)9-10-6-7-12(15)13(16)8-10/h6-8,11H,3-5,9H2,1-2H3,(H2,17,19). The molecule has 0 aliphatic heterocycles. The van der Waals surface area contributed by atoms with Crippen LogP contribution < -0.4 is 5.73 Å². The van der Waals surface area contributed by atoms with E-state index in [2.05, 4.69) is 6.92 Å². The molecule has 0 saturated heterocycles. The van der Waals surface area contributed by atoms with Crippen LogP contribution in [-0.4, -0.2) is 17.0 Å². The van der Waals surface area contributed by atoms with Crippen LogP contribution in [-0.2, 0) is 6.54 Å². The Morgan fingerprint density at radius 1 is 1.47 bits per heavy atom. The van der Waals surface area contributed by atoms with Gasteiger partial charge in [-0.25, -0.2) is 9.18 Å². The molecule has 1 rings (SSSR count). The van der Waals surface area contributed by atoms with Gasteiger partial charge in [0.05, 0.1) is 5.02 Å². The fourth-order valence-electron chi connectivity index (χ4n) is 2.14. The molecule has 0 fully saturated rings. The Labute approximate surface area is 118 Å². The van der Waals surface area contributed by atoms with Gasteiger partial charge in [-0.15, -0.1) is 0 Å². The maximum atomic E-state index is 13.4. The van der Waals surface area contributed by atoms with E-state index in [1.807, 2.05) is 6.92 Å². The Kier molecular flexibility index (Phi) is 6.09. The van der Waals surface area contributed by atoms with E-state index in [0.29, 0.717) is 12.1 Å². The average molecular weight is 287 g/mol. The first kappa shape index (κ1) is 15.8. The number of hydrogen-bond acceptors (Lipinski definition) is 1. The minimum absolute atomic E-state index is 0.0787. The molecule has 1 aromatic rings. The first-order chi connectivity index (χ1) is 8.99. The number of hydrogen-bond donors (Lipinski definition) is 1. The Morgan fingerprint density at radius 3 is 2.63 bits per heavy atom. The predicted octanol–water partition coefficient (Wildman–Crippen LogP) is 3.94. The fraction of sp³-hybridized carbons (Fsp3) is 0.500. The van der Waals surface area contributed by atoms with Gasteiger partial charge in [0.15, 0.2) is 0 Å². The first-order valence-corrected chi connectivity index (χ1v) is 6.87. The lowest BCUT2D eigenvalue weighted by atomic mass is 10.1. The Balaban J connectivity index is 2.88. The zero-order valence-corrected chi connectivity index (χ0v) is 12.1. The molecular weight excluding hydrogens is 267 g/mol. The maximum Gasteiger partial charge on any atom is 0.315 e. The number of amides is 2. The second-order valence-corrected chi connectivity index (χ2v) is 4.97. The van der Waals surface area contributed by atoms with E-state index >= 15 is 0 Å². The third-order valence-corrected chi connectivity index (χ3v) is 3.46. The molecule has 106 valence electrons. The molecule has 0 bridgehead atoms. The Hall–Kier alpha value is -1.29. The summed E-state index contributed by atoms with van der Waals surface area (Å²) in [6, 6.07) is 4.15. The molecule has 1 unspecified atom stereocenters. The van der Waals surface area contributed by atoms with Crippen molar-refractivity contribution in [3.63, 3.8) is 0 Å². The van der Waals surface area contributed by atoms with Gasteiger partial charge in [-0.2, -0.15) is 0 Å². The summed E-state index contributed by atoms with van der Waals surface area (Å²) in [4.78, 5) is 13.1. The average Bonchev–Trinajstić information content (AvgIpc) is 2.37. The van der Waals surface area contributed by atoms with Crippen molar-refractivity contribution >= 4 is 17.6 Å². The maximum absolute atomic E-state index is 13.4. The van der Waals surface area contributed by atoms with E-state index in [1.54, 1.807) is 11.0 Å². The molecule has 1 aromatic carbocycles. The van der Waals surface area contributed by atoms with Gasteiger partial charge >= 0.3 is 6.03 Å². The lowest BCUT2D eigenvalue weighted by Gasteiger charge is -2.29. The predicted molar refractivity (Wildman–Crippen MR) is 75.5 cm³/mol. The van der Waals surface area contributed by atoms with Gasteiger partial charge in [0.1, 0.15) is 5.82 Å². The van der Waals surface area contributed by atoms with Crippen molar-refractivity contribution in [2.75, 3.05) is 0 Å². The smallest absolute Gasteiger partial charge is 0.315 e. The van der Waals surface area contributed by atoms with Gasteiger partial charge < -0.3 is 10.6 Å². The molecule has 1 atom stereocenters. The molecule has 5 heteroatoms. The van der Waals surface area contributed by atoms with Gasteiger partial charge in [-0.3, -0.25) is 0 Å². The molecule has 0 aliphatic rings. The summed E-state index contributed by atoms with van der Waals surface area (Å²) >= 11 is 5.64. The van der Waals surface area contributed by atoms with E-state index in [1.165, 1.54) is 12.1 Å². The van der Waals surface area contributed by atoms with Crippen LogP contribution >= 0.6 is 11.6 Å². The quantitative estimate of drug-likeness (QED) is 0.846. The van der Waals surface area contributed by atoms with E-state index in [9.17, 15) is 9.18 Å². The highest BCUT2D eigenvalue weighted by atomic mass is 35.5. The van der Waals surface area contributed by atoms with Crippen LogP contribution in [0.15, 0.2) is 18.2 Å². The number of halogens is 2. The number of primary amides is 1. The molecule has 3 nitrogen and oxygen atoms in total. The van der Waals surface area contributed by atoms with Crippen LogP contribution in [0.2, 0.25) is 5.02 Å². The van der Waals surface area contributed by atoms with Crippen molar-refractivity contribution < 1.29 is 9.18 Å². The number of rotatable bonds is 6. The van der Waals surface area contributed by atoms with Crippen molar-refractivity contribution in [3.05, 3.63) is 34.6 Å². The number of urea groups is 1. The van der Waals surface area contributed by atoms with Crippen molar-refractivity contribution in [1.29, 1.82) is 0 Å². The van der Waals surface area contributed by atoms with Crippen molar-refractivity contribution in [2.24, 2.45) is 5.73 Å². The number of carbonyl (C=O) groups is 1. The van der Waals surface area contributed by atoms with Gasteiger partial charge in [0, 0.05) is 12.6 Å². The van der Waals surface area contributed by atoms with Gasteiger partial charge in [0.2, 0.25) is 0 Å². The van der Waals surface area contributed by atoms with E-state index in [4.69, 9.17) is 17.3 Å². The summed E-state index contributed by atoms with van der Waals surface area (Å²) < 4.78 is 13.4. The lowest BCUT2D eigenvalue weighted by Crippen LogP contribution is -2.42. The topological polar surface area (TPSA) is 46.3 Å². The zero-order chi connectivity index (χ0) is 14.4. The van der Waals surface area contributed by atoms with Crippen molar-refractivity contribution in [3.8, 4) is 0 Å². The second-order valence-electron chi connectivity index (χ2n) is 4.57. The molecule has 0 radical (unpaired) electrons. The van der Waals surface area contributed by atoms with Crippen LogP contribution in [0.3, 0.4) is 0 Å². The van der Waals surface area contributed by atoms with Crippen molar-refractivity contribution in [2.45, 2.75) is 45.7 Å². The third kappa shape index (κ3) is 4.39. The normalized spacial score (nSPS) is 12.2. The summed E-state index contributed by atoms with van der Waals surface area (Å²) in [7, 11) is 0. The molecule has 2 amide bonds. The van der Waals surface area contributed by atoms with E-state index < -0.39 is 11.8 Å². The first-order valence-electron chi connectivity index (χ1n) is 6.49. The van der Waals surface area contributed by atoms with Crippen LogP contribution in [0, 0.1) is 5.82 Å². The summed E-state index contributed by atoms with van der Waals surface area (Å²) in [5.41, 5.74) is 6.12. The highest BCUT2D eigenvalue weighted by Crippen LogP contribution is 2.19. The molecule has 19 heavy (non-hydrogen) atoms. The van der Waals surface area contributed by atoms with Gasteiger partial charge in [-0.1, -0.05) is 37.9 Å². The summed E-state index contributed by atoms with van der Waals surface area (Å²) in [6.45, 7) is 4.38. The largest absolute Gasteiger partial charge is 0.351 e. The number of benzene rings is 1. The van der Waals surface area contributed by atoms with Gasteiger partial charge in [-0.05, 0) is 30.5 Å².